The monoisotopic (exact) mass is 296 g/mol. The zero-order chi connectivity index (χ0) is 15.1. The van der Waals surface area contributed by atoms with E-state index >= 15 is 0 Å². The minimum absolute atomic E-state index is 0.133. The highest BCUT2D eigenvalue weighted by Gasteiger charge is 2.17. The van der Waals surface area contributed by atoms with E-state index in [0.717, 1.165) is 38.0 Å². The van der Waals surface area contributed by atoms with E-state index in [2.05, 4.69) is 52.0 Å². The Labute approximate surface area is 127 Å². The molecule has 0 aromatic rings. The number of hydrogen-bond acceptors (Lipinski definition) is 7. The third-order valence-electron chi connectivity index (χ3n) is 3.24. The smallest absolute Gasteiger partial charge is 0.191 e. The maximum Gasteiger partial charge on any atom is 0.191 e. The van der Waals surface area contributed by atoms with E-state index in [1.165, 1.54) is 0 Å². The summed E-state index contributed by atoms with van der Waals surface area (Å²) < 4.78 is 5.90. The molecule has 2 atom stereocenters. The first-order valence-corrected chi connectivity index (χ1v) is 7.85. The molecular formula is C14H28N6O. The van der Waals surface area contributed by atoms with Gasteiger partial charge in [0.1, 0.15) is 0 Å². The minimum atomic E-state index is 0.133. The van der Waals surface area contributed by atoms with E-state index in [4.69, 9.17) is 4.74 Å². The predicted molar refractivity (Wildman–Crippen MR) is 85.8 cm³/mol. The maximum absolute atomic E-state index is 5.90. The molecule has 21 heavy (non-hydrogen) atoms. The average Bonchev–Trinajstić information content (AvgIpc) is 2.47. The molecule has 2 aliphatic heterocycles. The van der Waals surface area contributed by atoms with E-state index in [0.29, 0.717) is 19.2 Å². The Hall–Kier alpha value is -1.50. The normalized spacial score (nSPS) is 23.5. The molecule has 0 saturated heterocycles. The second kappa shape index (κ2) is 8.07. The minimum Gasteiger partial charge on any atom is -0.372 e. The van der Waals surface area contributed by atoms with Gasteiger partial charge in [0.25, 0.3) is 0 Å². The van der Waals surface area contributed by atoms with Crippen molar-refractivity contribution in [3.63, 3.8) is 0 Å². The molecule has 0 aromatic carbocycles. The topological polar surface area (TPSA) is 82.1 Å². The maximum atomic E-state index is 5.90. The van der Waals surface area contributed by atoms with Gasteiger partial charge in [0, 0.05) is 31.7 Å². The Bertz CT molecular complexity index is 382. The summed E-state index contributed by atoms with van der Waals surface area (Å²) in [5.41, 5.74) is 0. The SMILES string of the molecule is CC(C)NC1=NCC(OC[C@H](C)NC2=NCCCN2)CN1. The fourth-order valence-electron chi connectivity index (χ4n) is 2.19. The fraction of sp³-hybridized carbons (Fsp3) is 0.857. The van der Waals surface area contributed by atoms with Gasteiger partial charge in [-0.15, -0.1) is 0 Å². The summed E-state index contributed by atoms with van der Waals surface area (Å²) in [5.74, 6) is 1.76. The van der Waals surface area contributed by atoms with Crippen molar-refractivity contribution in [3.8, 4) is 0 Å². The van der Waals surface area contributed by atoms with Gasteiger partial charge in [0.15, 0.2) is 11.9 Å². The van der Waals surface area contributed by atoms with E-state index < -0.39 is 0 Å². The highest BCUT2D eigenvalue weighted by atomic mass is 16.5. The van der Waals surface area contributed by atoms with Crippen LogP contribution < -0.4 is 21.3 Å². The number of hydrogen-bond donors (Lipinski definition) is 4. The van der Waals surface area contributed by atoms with Crippen molar-refractivity contribution in [1.82, 2.24) is 21.3 Å². The Morgan fingerprint density at radius 1 is 1.19 bits per heavy atom. The van der Waals surface area contributed by atoms with Gasteiger partial charge in [-0.05, 0) is 27.2 Å². The molecule has 0 aliphatic carbocycles. The molecule has 2 aliphatic rings. The molecule has 7 nitrogen and oxygen atoms in total. The van der Waals surface area contributed by atoms with Crippen LogP contribution in [-0.2, 0) is 4.74 Å². The van der Waals surface area contributed by atoms with Crippen molar-refractivity contribution in [1.29, 1.82) is 0 Å². The lowest BCUT2D eigenvalue weighted by Crippen LogP contribution is -2.50. The summed E-state index contributed by atoms with van der Waals surface area (Å²) in [4.78, 5) is 8.86. The second-order valence-electron chi connectivity index (χ2n) is 5.88. The van der Waals surface area contributed by atoms with Gasteiger partial charge in [-0.2, -0.15) is 0 Å². The van der Waals surface area contributed by atoms with Crippen LogP contribution in [0, 0.1) is 0 Å². The number of guanidine groups is 2. The van der Waals surface area contributed by atoms with Crippen LogP contribution in [0.15, 0.2) is 9.98 Å². The first-order chi connectivity index (χ1) is 10.1. The predicted octanol–water partition coefficient (Wildman–Crippen LogP) is -0.344. The summed E-state index contributed by atoms with van der Waals surface area (Å²) >= 11 is 0. The van der Waals surface area contributed by atoms with E-state index in [-0.39, 0.29) is 12.1 Å². The molecule has 0 saturated carbocycles. The quantitative estimate of drug-likeness (QED) is 0.558. The van der Waals surface area contributed by atoms with Gasteiger partial charge < -0.3 is 26.0 Å². The van der Waals surface area contributed by atoms with Crippen molar-refractivity contribution < 1.29 is 4.74 Å². The highest BCUT2D eigenvalue weighted by molar-refractivity contribution is 5.81. The lowest BCUT2D eigenvalue weighted by atomic mass is 10.3. The van der Waals surface area contributed by atoms with E-state index in [1.807, 2.05) is 0 Å². The lowest BCUT2D eigenvalue weighted by Gasteiger charge is -2.27. The molecule has 0 amide bonds. The number of nitrogens with zero attached hydrogens (tertiary/aromatic N) is 2. The fourth-order valence-corrected chi connectivity index (χ4v) is 2.19. The van der Waals surface area contributed by atoms with Crippen molar-refractivity contribution in [2.24, 2.45) is 9.98 Å². The average molecular weight is 296 g/mol. The van der Waals surface area contributed by atoms with Crippen LogP contribution in [0.5, 0.6) is 0 Å². The zero-order valence-corrected chi connectivity index (χ0v) is 13.3. The first kappa shape index (κ1) is 15.9. The van der Waals surface area contributed by atoms with Gasteiger partial charge in [0.2, 0.25) is 0 Å². The summed E-state index contributed by atoms with van der Waals surface area (Å²) in [5, 5.41) is 13.1. The molecule has 2 rings (SSSR count). The lowest BCUT2D eigenvalue weighted by molar-refractivity contribution is 0.0495. The van der Waals surface area contributed by atoms with Crippen LogP contribution in [-0.4, -0.2) is 62.9 Å². The highest BCUT2D eigenvalue weighted by Crippen LogP contribution is 1.99. The third kappa shape index (κ3) is 5.79. The summed E-state index contributed by atoms with van der Waals surface area (Å²) in [7, 11) is 0. The molecule has 0 spiro atoms. The van der Waals surface area contributed by atoms with Crippen LogP contribution in [0.2, 0.25) is 0 Å². The summed E-state index contributed by atoms with van der Waals surface area (Å²) in [6.07, 6.45) is 1.24. The van der Waals surface area contributed by atoms with Crippen LogP contribution in [0.1, 0.15) is 27.2 Å². The summed E-state index contributed by atoms with van der Waals surface area (Å²) in [6.45, 7) is 10.3. The number of ether oxygens (including phenoxy) is 1. The third-order valence-corrected chi connectivity index (χ3v) is 3.24. The molecule has 4 N–H and O–H groups in total. The van der Waals surface area contributed by atoms with Crippen LogP contribution >= 0.6 is 0 Å². The Morgan fingerprint density at radius 2 is 2.00 bits per heavy atom. The van der Waals surface area contributed by atoms with Crippen LogP contribution in [0.3, 0.4) is 0 Å². The second-order valence-corrected chi connectivity index (χ2v) is 5.88. The number of nitrogens with one attached hydrogen (secondary N) is 4. The number of rotatable bonds is 5. The van der Waals surface area contributed by atoms with E-state index in [1.54, 1.807) is 0 Å². The van der Waals surface area contributed by atoms with Gasteiger partial charge in [0.05, 0.1) is 19.3 Å². The Kier molecular flexibility index (Phi) is 6.10. The number of aliphatic imine (C=N–C) groups is 2. The largest absolute Gasteiger partial charge is 0.372 e. The molecule has 2 heterocycles. The van der Waals surface area contributed by atoms with E-state index in [9.17, 15) is 0 Å². The van der Waals surface area contributed by atoms with Crippen LogP contribution in [0.4, 0.5) is 0 Å². The van der Waals surface area contributed by atoms with Crippen molar-refractivity contribution in [2.45, 2.75) is 45.4 Å². The molecule has 120 valence electrons. The van der Waals surface area contributed by atoms with Gasteiger partial charge in [-0.1, -0.05) is 0 Å². The standard InChI is InChI=1S/C14H28N6O/c1-10(2)19-14-17-7-12(8-18-14)21-9-11(3)20-13-15-5-4-6-16-13/h10-12H,4-9H2,1-3H3,(H2,15,16,20)(H2,17,18,19)/t11-/m0/s1. The molecule has 0 aromatic heterocycles. The Balaban J connectivity index is 1.64. The van der Waals surface area contributed by atoms with Crippen molar-refractivity contribution >= 4 is 11.9 Å². The molecule has 1 unspecified atom stereocenters. The first-order valence-electron chi connectivity index (χ1n) is 7.85. The molecule has 0 radical (unpaired) electrons. The molecule has 0 fully saturated rings. The van der Waals surface area contributed by atoms with Gasteiger partial charge >= 0.3 is 0 Å². The van der Waals surface area contributed by atoms with Gasteiger partial charge in [-0.25, -0.2) is 0 Å². The molecular weight excluding hydrogens is 268 g/mol. The van der Waals surface area contributed by atoms with Gasteiger partial charge in [-0.3, -0.25) is 9.98 Å². The van der Waals surface area contributed by atoms with Crippen molar-refractivity contribution in [3.05, 3.63) is 0 Å². The van der Waals surface area contributed by atoms with Crippen molar-refractivity contribution in [2.75, 3.05) is 32.8 Å². The Morgan fingerprint density at radius 3 is 2.62 bits per heavy atom. The molecule has 0 bridgehead atoms. The van der Waals surface area contributed by atoms with Crippen LogP contribution in [0.25, 0.3) is 0 Å². The zero-order valence-electron chi connectivity index (χ0n) is 13.3. The molecule has 7 heteroatoms. The summed E-state index contributed by atoms with van der Waals surface area (Å²) in [6, 6.07) is 0.621.